The number of ether oxygens (including phenoxy) is 2. The number of rotatable bonds is 3. The summed E-state index contributed by atoms with van der Waals surface area (Å²) in [7, 11) is 1.64. The van der Waals surface area contributed by atoms with Gasteiger partial charge >= 0.3 is 6.03 Å². The van der Waals surface area contributed by atoms with Crippen LogP contribution in [0.15, 0.2) is 18.2 Å². The predicted octanol–water partition coefficient (Wildman–Crippen LogP) is 2.55. The van der Waals surface area contributed by atoms with Crippen molar-refractivity contribution in [2.75, 3.05) is 51.8 Å². The maximum atomic E-state index is 12.5. The molecule has 26 heavy (non-hydrogen) atoms. The second kappa shape index (κ2) is 7.61. The molecule has 8 heteroatoms. The molecule has 138 valence electrons. The van der Waals surface area contributed by atoms with Gasteiger partial charge in [-0.05, 0) is 36.2 Å². The van der Waals surface area contributed by atoms with Crippen molar-refractivity contribution in [1.82, 2.24) is 15.2 Å². The highest BCUT2D eigenvalue weighted by molar-refractivity contribution is 7.22. The highest BCUT2D eigenvalue weighted by Crippen LogP contribution is 2.38. The average Bonchev–Trinajstić information content (AvgIpc) is 3.12. The first-order chi connectivity index (χ1) is 12.8. The van der Waals surface area contributed by atoms with Gasteiger partial charge in [0.1, 0.15) is 11.3 Å². The van der Waals surface area contributed by atoms with Crippen LogP contribution in [0.4, 0.5) is 9.93 Å². The van der Waals surface area contributed by atoms with Crippen molar-refractivity contribution in [3.05, 3.63) is 23.8 Å². The average molecular weight is 374 g/mol. The first-order valence-electron chi connectivity index (χ1n) is 8.77. The number of nitrogens with zero attached hydrogens (tertiary/aromatic N) is 2. The van der Waals surface area contributed by atoms with Gasteiger partial charge in [0.15, 0.2) is 5.13 Å². The van der Waals surface area contributed by atoms with Gasteiger partial charge in [-0.25, -0.2) is 9.78 Å². The SMILES string of the molecule is COc1ccc(C2=CCNCC2)c2sc(NC(=O)N3CCOCC3)nc12. The normalized spacial score (nSPS) is 17.9. The van der Waals surface area contributed by atoms with E-state index in [9.17, 15) is 4.79 Å². The molecule has 0 unspecified atom stereocenters. The number of morpholine rings is 1. The van der Waals surface area contributed by atoms with Crippen molar-refractivity contribution in [3.63, 3.8) is 0 Å². The van der Waals surface area contributed by atoms with Crippen LogP contribution in [0.2, 0.25) is 0 Å². The van der Waals surface area contributed by atoms with Crippen LogP contribution in [-0.2, 0) is 4.74 Å². The third kappa shape index (κ3) is 3.40. The smallest absolute Gasteiger partial charge is 0.323 e. The summed E-state index contributed by atoms with van der Waals surface area (Å²) in [5.74, 6) is 0.724. The maximum Gasteiger partial charge on any atom is 0.323 e. The van der Waals surface area contributed by atoms with Crippen LogP contribution in [0.3, 0.4) is 0 Å². The van der Waals surface area contributed by atoms with Gasteiger partial charge in [0.05, 0.1) is 25.0 Å². The number of carbonyl (C=O) groups excluding carboxylic acids is 1. The summed E-state index contributed by atoms with van der Waals surface area (Å²) >= 11 is 1.50. The Balaban J connectivity index is 1.66. The molecule has 1 aromatic heterocycles. The Morgan fingerprint density at radius 3 is 2.96 bits per heavy atom. The van der Waals surface area contributed by atoms with Crippen LogP contribution in [0, 0.1) is 0 Å². The minimum Gasteiger partial charge on any atom is -0.494 e. The second-order valence-electron chi connectivity index (χ2n) is 6.23. The Morgan fingerprint density at radius 2 is 2.23 bits per heavy atom. The zero-order valence-corrected chi connectivity index (χ0v) is 15.5. The van der Waals surface area contributed by atoms with Gasteiger partial charge in [-0.2, -0.15) is 0 Å². The molecule has 2 amide bonds. The Hall–Kier alpha value is -2.16. The molecule has 2 aromatic rings. The maximum absolute atomic E-state index is 12.5. The minimum absolute atomic E-state index is 0.131. The molecule has 0 spiro atoms. The summed E-state index contributed by atoms with van der Waals surface area (Å²) in [6.45, 7) is 4.21. The number of benzene rings is 1. The third-order valence-electron chi connectivity index (χ3n) is 4.65. The predicted molar refractivity (Wildman–Crippen MR) is 103 cm³/mol. The van der Waals surface area contributed by atoms with E-state index in [0.717, 1.165) is 35.5 Å². The largest absolute Gasteiger partial charge is 0.494 e. The molecular weight excluding hydrogens is 352 g/mol. The lowest BCUT2D eigenvalue weighted by molar-refractivity contribution is 0.0564. The lowest BCUT2D eigenvalue weighted by Crippen LogP contribution is -2.43. The molecule has 0 atom stereocenters. The van der Waals surface area contributed by atoms with Crippen molar-refractivity contribution in [1.29, 1.82) is 0 Å². The zero-order chi connectivity index (χ0) is 17.9. The molecule has 0 saturated carbocycles. The Labute approximate surface area is 156 Å². The van der Waals surface area contributed by atoms with Crippen LogP contribution in [0.1, 0.15) is 12.0 Å². The topological polar surface area (TPSA) is 75.7 Å². The molecule has 1 aromatic carbocycles. The lowest BCUT2D eigenvalue weighted by Gasteiger charge is -2.26. The molecular formula is C18H22N4O3S. The van der Waals surface area contributed by atoms with Gasteiger partial charge < -0.3 is 19.7 Å². The molecule has 1 saturated heterocycles. The first kappa shape index (κ1) is 17.3. The molecule has 2 aliphatic heterocycles. The highest BCUT2D eigenvalue weighted by Gasteiger charge is 2.20. The van der Waals surface area contributed by atoms with E-state index in [2.05, 4.69) is 27.8 Å². The van der Waals surface area contributed by atoms with E-state index >= 15 is 0 Å². The number of hydrogen-bond donors (Lipinski definition) is 2. The fraction of sp³-hybridized carbons (Fsp3) is 0.444. The molecule has 4 rings (SSSR count). The molecule has 7 nitrogen and oxygen atoms in total. The van der Waals surface area contributed by atoms with E-state index in [4.69, 9.17) is 9.47 Å². The zero-order valence-electron chi connectivity index (χ0n) is 14.7. The van der Waals surface area contributed by atoms with Crippen molar-refractivity contribution in [3.8, 4) is 5.75 Å². The Kier molecular flexibility index (Phi) is 5.05. The number of anilines is 1. The number of carbonyl (C=O) groups is 1. The molecule has 3 heterocycles. The van der Waals surface area contributed by atoms with Crippen molar-refractivity contribution >= 4 is 38.3 Å². The van der Waals surface area contributed by atoms with Gasteiger partial charge in [-0.1, -0.05) is 17.4 Å². The summed E-state index contributed by atoms with van der Waals surface area (Å²) < 4.78 is 11.8. The van der Waals surface area contributed by atoms with Crippen molar-refractivity contribution < 1.29 is 14.3 Å². The minimum atomic E-state index is -0.131. The van der Waals surface area contributed by atoms with Crippen molar-refractivity contribution in [2.24, 2.45) is 0 Å². The Bertz CT molecular complexity index is 842. The summed E-state index contributed by atoms with van der Waals surface area (Å²) in [5, 5.41) is 6.86. The summed E-state index contributed by atoms with van der Waals surface area (Å²) in [6, 6.07) is 3.91. The van der Waals surface area contributed by atoms with E-state index in [1.165, 1.54) is 22.5 Å². The highest BCUT2D eigenvalue weighted by atomic mass is 32.1. The molecule has 1 fully saturated rings. The van der Waals surface area contributed by atoms with Gasteiger partial charge in [-0.15, -0.1) is 0 Å². The van der Waals surface area contributed by atoms with E-state index in [1.807, 2.05) is 6.07 Å². The molecule has 2 N–H and O–H groups in total. The van der Waals surface area contributed by atoms with Crippen molar-refractivity contribution in [2.45, 2.75) is 6.42 Å². The number of fused-ring (bicyclic) bond motifs is 1. The fourth-order valence-corrected chi connectivity index (χ4v) is 4.28. The van der Waals surface area contributed by atoms with Gasteiger partial charge in [-0.3, -0.25) is 5.32 Å². The van der Waals surface area contributed by atoms with Crippen LogP contribution in [0.5, 0.6) is 5.75 Å². The third-order valence-corrected chi connectivity index (χ3v) is 5.65. The fourth-order valence-electron chi connectivity index (χ4n) is 3.26. The van der Waals surface area contributed by atoms with E-state index < -0.39 is 0 Å². The lowest BCUT2D eigenvalue weighted by atomic mass is 10.00. The second-order valence-corrected chi connectivity index (χ2v) is 7.22. The number of nitrogens with one attached hydrogen (secondary N) is 2. The number of urea groups is 1. The van der Waals surface area contributed by atoms with Gasteiger partial charge in [0, 0.05) is 19.6 Å². The van der Waals surface area contributed by atoms with Crippen LogP contribution in [-0.4, -0.2) is 62.4 Å². The number of thiazole rings is 1. The number of amides is 2. The van der Waals surface area contributed by atoms with E-state index in [1.54, 1.807) is 12.0 Å². The molecule has 0 bridgehead atoms. The standard InChI is InChI=1S/C18H22N4O3S/c1-24-14-3-2-13(12-4-6-19-7-5-12)16-15(14)20-17(26-16)21-18(23)22-8-10-25-11-9-22/h2-4,19H,5-11H2,1H3,(H,20,21,23). The van der Waals surface area contributed by atoms with Crippen LogP contribution in [0.25, 0.3) is 15.8 Å². The van der Waals surface area contributed by atoms with Gasteiger partial charge in [0.2, 0.25) is 0 Å². The van der Waals surface area contributed by atoms with Gasteiger partial charge in [0.25, 0.3) is 0 Å². The number of hydrogen-bond acceptors (Lipinski definition) is 6. The Morgan fingerprint density at radius 1 is 1.38 bits per heavy atom. The molecule has 2 aliphatic rings. The molecule has 0 radical (unpaired) electrons. The first-order valence-corrected chi connectivity index (χ1v) is 9.59. The number of methoxy groups -OCH3 is 1. The van der Waals surface area contributed by atoms with Crippen LogP contribution >= 0.6 is 11.3 Å². The van der Waals surface area contributed by atoms with E-state index in [0.29, 0.717) is 31.4 Å². The quantitative estimate of drug-likeness (QED) is 0.864. The van der Waals surface area contributed by atoms with Crippen LogP contribution < -0.4 is 15.4 Å². The number of aromatic nitrogens is 1. The summed E-state index contributed by atoms with van der Waals surface area (Å²) in [4.78, 5) is 18.8. The summed E-state index contributed by atoms with van der Waals surface area (Å²) in [5.41, 5.74) is 3.28. The summed E-state index contributed by atoms with van der Waals surface area (Å²) in [6.07, 6.45) is 3.20. The van der Waals surface area contributed by atoms with E-state index in [-0.39, 0.29) is 6.03 Å². The molecule has 0 aliphatic carbocycles. The monoisotopic (exact) mass is 374 g/mol.